The molecule has 0 aliphatic heterocycles. The molecule has 0 aliphatic rings. The molecule has 1 heterocycles. The van der Waals surface area contributed by atoms with E-state index in [4.69, 9.17) is 4.42 Å². The predicted molar refractivity (Wildman–Crippen MR) is 78.1 cm³/mol. The average molecular weight is 318 g/mol. The molecule has 0 bridgehead atoms. The summed E-state index contributed by atoms with van der Waals surface area (Å²) in [5, 5.41) is 9.18. The molecule has 120 valence electrons. The number of carboxylic acids is 1. The third kappa shape index (κ3) is 3.63. The second-order valence-electron chi connectivity index (χ2n) is 5.76. The van der Waals surface area contributed by atoms with Crippen molar-refractivity contribution in [3.8, 4) is 0 Å². The number of aromatic carboxylic acids is 1. The zero-order valence-corrected chi connectivity index (χ0v) is 14.0. The number of nitrogens with one attached hydrogen (secondary N) is 1. The number of hydrogen-bond acceptors (Lipinski definition) is 5. The van der Waals surface area contributed by atoms with Crippen LogP contribution < -0.4 is 4.72 Å². The van der Waals surface area contributed by atoms with Crippen LogP contribution in [0.1, 0.15) is 35.7 Å². The van der Waals surface area contributed by atoms with Crippen LogP contribution in [0.5, 0.6) is 0 Å². The van der Waals surface area contributed by atoms with Crippen LogP contribution in [-0.2, 0) is 10.0 Å². The van der Waals surface area contributed by atoms with Gasteiger partial charge in [0.05, 0.1) is 0 Å². The van der Waals surface area contributed by atoms with Crippen molar-refractivity contribution in [1.29, 1.82) is 0 Å². The lowest BCUT2D eigenvalue weighted by atomic mass is 10.1. The highest BCUT2D eigenvalue weighted by Crippen LogP contribution is 2.26. The second kappa shape index (κ2) is 5.78. The van der Waals surface area contributed by atoms with Gasteiger partial charge in [0, 0.05) is 12.1 Å². The number of aryl methyl sites for hydroxylation is 2. The zero-order chi connectivity index (χ0) is 16.6. The number of hydrogen-bond donors (Lipinski definition) is 2. The topological polar surface area (TPSA) is 99.9 Å². The van der Waals surface area contributed by atoms with Crippen LogP contribution in [0.15, 0.2) is 9.31 Å². The van der Waals surface area contributed by atoms with Crippen LogP contribution in [0.25, 0.3) is 0 Å². The monoisotopic (exact) mass is 318 g/mol. The van der Waals surface area contributed by atoms with Gasteiger partial charge >= 0.3 is 5.97 Å². The molecule has 0 aromatic carbocycles. The smallest absolute Gasteiger partial charge is 0.340 e. The number of furan rings is 1. The number of nitrogens with zero attached hydrogens (tertiary/aromatic N) is 1. The van der Waals surface area contributed by atoms with E-state index in [9.17, 15) is 18.3 Å². The van der Waals surface area contributed by atoms with E-state index in [1.54, 1.807) is 0 Å². The molecule has 0 saturated carbocycles. The van der Waals surface area contributed by atoms with Crippen molar-refractivity contribution in [2.75, 3.05) is 20.6 Å². The van der Waals surface area contributed by atoms with E-state index in [2.05, 4.69) is 4.72 Å². The van der Waals surface area contributed by atoms with Gasteiger partial charge in [0.1, 0.15) is 22.0 Å². The summed E-state index contributed by atoms with van der Waals surface area (Å²) >= 11 is 0. The molecule has 1 aromatic heterocycles. The second-order valence-corrected chi connectivity index (χ2v) is 7.46. The molecule has 0 fully saturated rings. The fraction of sp³-hybridized carbons (Fsp3) is 0.615. The van der Waals surface area contributed by atoms with Crippen molar-refractivity contribution in [3.05, 3.63) is 17.1 Å². The van der Waals surface area contributed by atoms with Crippen LogP contribution in [0.2, 0.25) is 0 Å². The minimum Gasteiger partial charge on any atom is -0.478 e. The molecule has 1 aromatic rings. The first-order chi connectivity index (χ1) is 9.40. The van der Waals surface area contributed by atoms with Gasteiger partial charge in [-0.3, -0.25) is 0 Å². The Labute approximate surface area is 125 Å². The van der Waals surface area contributed by atoms with Crippen LogP contribution in [0, 0.1) is 13.8 Å². The molecule has 7 nitrogen and oxygen atoms in total. The Kier molecular flexibility index (Phi) is 4.87. The van der Waals surface area contributed by atoms with Crippen molar-refractivity contribution in [2.24, 2.45) is 0 Å². The summed E-state index contributed by atoms with van der Waals surface area (Å²) in [5.74, 6) is -1.18. The van der Waals surface area contributed by atoms with Gasteiger partial charge in [0.15, 0.2) is 0 Å². The lowest BCUT2D eigenvalue weighted by Crippen LogP contribution is -2.48. The standard InChI is InChI=1S/C13H22N2O5S/c1-8-10(12(16)17)11(9(2)20-8)21(18,19)14-7-13(3,4)15(5)6/h14H,7H2,1-6H3,(H,16,17). The molecule has 0 amide bonds. The predicted octanol–water partition coefficient (Wildman–Crippen LogP) is 1.21. The van der Waals surface area contributed by atoms with Crippen molar-refractivity contribution in [1.82, 2.24) is 9.62 Å². The number of carbonyl (C=O) groups is 1. The molecule has 0 aliphatic carbocycles. The molecule has 0 atom stereocenters. The van der Waals surface area contributed by atoms with E-state index in [0.29, 0.717) is 0 Å². The zero-order valence-electron chi connectivity index (χ0n) is 13.1. The van der Waals surface area contributed by atoms with Gasteiger partial charge in [-0.2, -0.15) is 0 Å². The third-order valence-electron chi connectivity index (χ3n) is 3.59. The van der Waals surface area contributed by atoms with Gasteiger partial charge in [-0.15, -0.1) is 0 Å². The highest BCUT2D eigenvalue weighted by Gasteiger charge is 2.32. The molecule has 1 rings (SSSR count). The molecule has 0 saturated heterocycles. The normalized spacial score (nSPS) is 12.9. The lowest BCUT2D eigenvalue weighted by Gasteiger charge is -2.32. The molecule has 0 unspecified atom stereocenters. The quantitative estimate of drug-likeness (QED) is 0.818. The van der Waals surface area contributed by atoms with Crippen LogP contribution in [0.4, 0.5) is 0 Å². The summed E-state index contributed by atoms with van der Waals surface area (Å²) in [6.45, 7) is 6.76. The van der Waals surface area contributed by atoms with Gasteiger partial charge in [-0.05, 0) is 41.8 Å². The molecule has 0 spiro atoms. The third-order valence-corrected chi connectivity index (χ3v) is 5.15. The first-order valence-electron chi connectivity index (χ1n) is 6.40. The molecule has 8 heteroatoms. The fourth-order valence-corrected chi connectivity index (χ4v) is 3.34. The first kappa shape index (κ1) is 17.7. The summed E-state index contributed by atoms with van der Waals surface area (Å²) < 4.78 is 32.4. The Hall–Kier alpha value is -1.38. The Morgan fingerprint density at radius 3 is 2.24 bits per heavy atom. The fourth-order valence-electron chi connectivity index (χ4n) is 1.74. The van der Waals surface area contributed by atoms with Crippen LogP contribution >= 0.6 is 0 Å². The number of likely N-dealkylation sites (N-methyl/N-ethyl adjacent to an activating group) is 1. The largest absolute Gasteiger partial charge is 0.478 e. The summed E-state index contributed by atoms with van der Waals surface area (Å²) in [5.41, 5.74) is -0.731. The van der Waals surface area contributed by atoms with Crippen LogP contribution in [0.3, 0.4) is 0 Å². The van der Waals surface area contributed by atoms with Crippen molar-refractivity contribution >= 4 is 16.0 Å². The average Bonchev–Trinajstić information content (AvgIpc) is 2.62. The van der Waals surface area contributed by atoms with E-state index in [1.165, 1.54) is 13.8 Å². The Morgan fingerprint density at radius 2 is 1.81 bits per heavy atom. The molecular formula is C13H22N2O5S. The Morgan fingerprint density at radius 1 is 1.29 bits per heavy atom. The van der Waals surface area contributed by atoms with E-state index in [-0.39, 0.29) is 28.5 Å². The molecular weight excluding hydrogens is 296 g/mol. The highest BCUT2D eigenvalue weighted by molar-refractivity contribution is 7.89. The van der Waals surface area contributed by atoms with E-state index < -0.39 is 21.5 Å². The van der Waals surface area contributed by atoms with Crippen molar-refractivity contribution in [2.45, 2.75) is 38.1 Å². The van der Waals surface area contributed by atoms with E-state index in [0.717, 1.165) is 0 Å². The molecule has 21 heavy (non-hydrogen) atoms. The number of rotatable bonds is 6. The number of carboxylic acid groups (broad SMARTS) is 1. The SMILES string of the molecule is Cc1oc(C)c(S(=O)(=O)NCC(C)(C)N(C)C)c1C(=O)O. The minimum atomic E-state index is -3.96. The van der Waals surface area contributed by atoms with Gasteiger partial charge in [0.2, 0.25) is 10.0 Å². The maximum absolute atomic E-state index is 12.4. The summed E-state index contributed by atoms with van der Waals surface area (Å²) in [4.78, 5) is 12.8. The van der Waals surface area contributed by atoms with Gasteiger partial charge in [-0.25, -0.2) is 17.9 Å². The van der Waals surface area contributed by atoms with Gasteiger partial charge < -0.3 is 14.4 Å². The summed E-state index contributed by atoms with van der Waals surface area (Å²) in [6.07, 6.45) is 0. The minimum absolute atomic E-state index is 0.0695. The van der Waals surface area contributed by atoms with Gasteiger partial charge in [-0.1, -0.05) is 0 Å². The Bertz CT molecular complexity index is 644. The maximum Gasteiger partial charge on any atom is 0.340 e. The lowest BCUT2D eigenvalue weighted by molar-refractivity contribution is 0.0691. The maximum atomic E-state index is 12.4. The van der Waals surface area contributed by atoms with Crippen molar-refractivity contribution in [3.63, 3.8) is 0 Å². The van der Waals surface area contributed by atoms with E-state index in [1.807, 2.05) is 32.8 Å². The van der Waals surface area contributed by atoms with E-state index >= 15 is 0 Å². The Balaban J connectivity index is 3.19. The molecule has 0 radical (unpaired) electrons. The number of sulfonamides is 1. The van der Waals surface area contributed by atoms with Crippen LogP contribution in [-0.4, -0.2) is 50.6 Å². The van der Waals surface area contributed by atoms with Crippen molar-refractivity contribution < 1.29 is 22.7 Å². The molecule has 2 N–H and O–H groups in total. The summed E-state index contributed by atoms with van der Waals surface area (Å²) in [6, 6.07) is 0. The first-order valence-corrected chi connectivity index (χ1v) is 7.89. The highest BCUT2D eigenvalue weighted by atomic mass is 32.2. The van der Waals surface area contributed by atoms with Gasteiger partial charge in [0.25, 0.3) is 0 Å². The summed E-state index contributed by atoms with van der Waals surface area (Å²) in [7, 11) is -0.289.